The molecule has 132 valence electrons. The van der Waals surface area contributed by atoms with E-state index in [1.54, 1.807) is 12.5 Å². The summed E-state index contributed by atoms with van der Waals surface area (Å²) in [6.07, 6.45) is 6.97. The highest BCUT2D eigenvalue weighted by Crippen LogP contribution is 2.53. The normalized spacial score (nSPS) is 27.3. The first-order valence-electron chi connectivity index (χ1n) is 8.91. The molecule has 2 fully saturated rings. The molecule has 6 heteroatoms. The van der Waals surface area contributed by atoms with Gasteiger partial charge in [0.1, 0.15) is 17.8 Å². The fourth-order valence-electron chi connectivity index (χ4n) is 4.98. The molecule has 1 aliphatic carbocycles. The summed E-state index contributed by atoms with van der Waals surface area (Å²) in [6.45, 7) is 8.15. The van der Waals surface area contributed by atoms with Gasteiger partial charge < -0.3 is 16.0 Å². The molecular formula is C19H26N6. The van der Waals surface area contributed by atoms with Crippen LogP contribution in [-0.4, -0.2) is 27.5 Å². The summed E-state index contributed by atoms with van der Waals surface area (Å²) in [5.74, 6) is 2.20. The Hall–Kier alpha value is -2.37. The molecule has 3 N–H and O–H groups in total. The van der Waals surface area contributed by atoms with Gasteiger partial charge in [0.2, 0.25) is 0 Å². The highest BCUT2D eigenvalue weighted by Gasteiger charge is 2.50. The number of rotatable bonds is 3. The molecule has 1 aliphatic heterocycles. The van der Waals surface area contributed by atoms with Crippen molar-refractivity contribution in [3.8, 4) is 0 Å². The lowest BCUT2D eigenvalue weighted by Gasteiger charge is -2.39. The summed E-state index contributed by atoms with van der Waals surface area (Å²) in [5, 5.41) is 3.21. The second-order valence-corrected chi connectivity index (χ2v) is 8.64. The Morgan fingerprint density at radius 2 is 2.00 bits per heavy atom. The van der Waals surface area contributed by atoms with Crippen LogP contribution in [-0.2, 0) is 0 Å². The minimum atomic E-state index is 0.332. The Kier molecular flexibility index (Phi) is 3.60. The van der Waals surface area contributed by atoms with E-state index in [0.29, 0.717) is 28.4 Å². The van der Waals surface area contributed by atoms with Crippen LogP contribution in [0.1, 0.15) is 40.0 Å². The molecule has 2 aromatic rings. The van der Waals surface area contributed by atoms with Crippen LogP contribution in [0, 0.1) is 10.8 Å². The molecule has 3 heterocycles. The minimum Gasteiger partial charge on any atom is -0.393 e. The second-order valence-electron chi connectivity index (χ2n) is 8.64. The maximum Gasteiger partial charge on any atom is 0.160 e. The van der Waals surface area contributed by atoms with E-state index in [4.69, 9.17) is 5.73 Å². The number of pyridine rings is 1. The number of nitrogens with zero attached hydrogens (tertiary/aromatic N) is 4. The Bertz CT molecular complexity index is 775. The number of fused-ring (bicyclic) bond motifs is 2. The number of nitrogens with one attached hydrogen (secondary N) is 1. The third kappa shape index (κ3) is 3.01. The summed E-state index contributed by atoms with van der Waals surface area (Å²) in [7, 11) is 0. The van der Waals surface area contributed by atoms with Gasteiger partial charge >= 0.3 is 0 Å². The van der Waals surface area contributed by atoms with E-state index in [1.165, 1.54) is 19.3 Å². The van der Waals surface area contributed by atoms with Crippen molar-refractivity contribution in [3.63, 3.8) is 0 Å². The maximum atomic E-state index is 6.45. The first kappa shape index (κ1) is 16.1. The van der Waals surface area contributed by atoms with Gasteiger partial charge in [-0.15, -0.1) is 0 Å². The van der Waals surface area contributed by atoms with Crippen LogP contribution < -0.4 is 16.0 Å². The SMILES string of the molecule is CC1(C)CC2CC(C)(CN2c2ncnc(Nc3ccccn3)c2N)C1. The van der Waals surface area contributed by atoms with Crippen LogP contribution in [0.25, 0.3) is 0 Å². The zero-order chi connectivity index (χ0) is 17.7. The first-order valence-corrected chi connectivity index (χ1v) is 8.91. The van der Waals surface area contributed by atoms with Gasteiger partial charge in [-0.3, -0.25) is 0 Å². The van der Waals surface area contributed by atoms with Crippen LogP contribution in [0.3, 0.4) is 0 Å². The van der Waals surface area contributed by atoms with Crippen LogP contribution in [0.4, 0.5) is 23.1 Å². The van der Waals surface area contributed by atoms with Crippen LogP contribution in [0.15, 0.2) is 30.7 Å². The molecule has 1 saturated heterocycles. The van der Waals surface area contributed by atoms with E-state index in [1.807, 2.05) is 18.2 Å². The summed E-state index contributed by atoms with van der Waals surface area (Å²) in [5.41, 5.74) is 7.74. The molecule has 4 rings (SSSR count). The monoisotopic (exact) mass is 338 g/mol. The van der Waals surface area contributed by atoms with Gasteiger partial charge in [-0.25, -0.2) is 15.0 Å². The molecule has 2 aliphatic rings. The Morgan fingerprint density at radius 3 is 2.76 bits per heavy atom. The topological polar surface area (TPSA) is 80.0 Å². The molecule has 6 nitrogen and oxygen atoms in total. The van der Waals surface area contributed by atoms with Gasteiger partial charge in [-0.2, -0.15) is 0 Å². The number of hydrogen-bond donors (Lipinski definition) is 2. The smallest absolute Gasteiger partial charge is 0.160 e. The number of aromatic nitrogens is 3. The molecule has 2 bridgehead atoms. The van der Waals surface area contributed by atoms with Gasteiger partial charge in [0, 0.05) is 18.8 Å². The summed E-state index contributed by atoms with van der Waals surface area (Å²) < 4.78 is 0. The lowest BCUT2D eigenvalue weighted by Crippen LogP contribution is -2.35. The van der Waals surface area contributed by atoms with E-state index in [0.717, 1.165) is 18.2 Å². The quantitative estimate of drug-likeness (QED) is 0.890. The van der Waals surface area contributed by atoms with Crippen LogP contribution in [0.2, 0.25) is 0 Å². The average molecular weight is 338 g/mol. The van der Waals surface area contributed by atoms with Gasteiger partial charge in [0.15, 0.2) is 11.6 Å². The van der Waals surface area contributed by atoms with Crippen molar-refractivity contribution >= 4 is 23.1 Å². The highest BCUT2D eigenvalue weighted by atomic mass is 15.3. The Morgan fingerprint density at radius 1 is 1.16 bits per heavy atom. The third-order valence-corrected chi connectivity index (χ3v) is 5.46. The summed E-state index contributed by atoms with van der Waals surface area (Å²) in [4.78, 5) is 15.5. The number of nitrogen functional groups attached to an aromatic ring is 1. The van der Waals surface area contributed by atoms with Crippen LogP contribution >= 0.6 is 0 Å². The predicted octanol–water partition coefficient (Wildman–Crippen LogP) is 3.60. The average Bonchev–Trinajstić information content (AvgIpc) is 2.79. The maximum absolute atomic E-state index is 6.45. The van der Waals surface area contributed by atoms with E-state index in [2.05, 4.69) is 45.9 Å². The Balaban J connectivity index is 1.65. The van der Waals surface area contributed by atoms with E-state index < -0.39 is 0 Å². The highest BCUT2D eigenvalue weighted by molar-refractivity contribution is 5.78. The minimum absolute atomic E-state index is 0.332. The van der Waals surface area contributed by atoms with Gasteiger partial charge in [-0.1, -0.05) is 26.8 Å². The molecule has 0 radical (unpaired) electrons. The zero-order valence-electron chi connectivity index (χ0n) is 15.2. The molecule has 2 aromatic heterocycles. The number of anilines is 4. The lowest BCUT2D eigenvalue weighted by molar-refractivity contribution is 0.136. The lowest BCUT2D eigenvalue weighted by atomic mass is 9.65. The molecule has 0 spiro atoms. The van der Waals surface area contributed by atoms with Gasteiger partial charge in [-0.05, 0) is 42.2 Å². The molecule has 1 saturated carbocycles. The molecule has 2 unspecified atom stereocenters. The van der Waals surface area contributed by atoms with Crippen molar-refractivity contribution in [2.45, 2.75) is 46.1 Å². The van der Waals surface area contributed by atoms with Crippen molar-refractivity contribution in [1.29, 1.82) is 0 Å². The van der Waals surface area contributed by atoms with Crippen molar-refractivity contribution in [2.75, 3.05) is 22.5 Å². The molecule has 2 atom stereocenters. The fraction of sp³-hybridized carbons (Fsp3) is 0.526. The van der Waals surface area contributed by atoms with E-state index >= 15 is 0 Å². The molecule has 0 aromatic carbocycles. The fourth-order valence-corrected chi connectivity index (χ4v) is 4.98. The summed E-state index contributed by atoms with van der Waals surface area (Å²) >= 11 is 0. The number of hydrogen-bond acceptors (Lipinski definition) is 6. The van der Waals surface area contributed by atoms with Gasteiger partial charge in [0.05, 0.1) is 0 Å². The third-order valence-electron chi connectivity index (χ3n) is 5.46. The largest absolute Gasteiger partial charge is 0.393 e. The zero-order valence-corrected chi connectivity index (χ0v) is 15.2. The van der Waals surface area contributed by atoms with E-state index in [9.17, 15) is 0 Å². The number of nitrogens with two attached hydrogens (primary N) is 1. The summed E-state index contributed by atoms with van der Waals surface area (Å²) in [6, 6.07) is 6.20. The molecular weight excluding hydrogens is 312 g/mol. The Labute approximate surface area is 148 Å². The molecule has 25 heavy (non-hydrogen) atoms. The predicted molar refractivity (Wildman–Crippen MR) is 101 cm³/mol. The van der Waals surface area contributed by atoms with Crippen molar-refractivity contribution in [3.05, 3.63) is 30.7 Å². The van der Waals surface area contributed by atoms with Gasteiger partial charge in [0.25, 0.3) is 0 Å². The first-order chi connectivity index (χ1) is 11.9. The van der Waals surface area contributed by atoms with Crippen molar-refractivity contribution < 1.29 is 0 Å². The second kappa shape index (κ2) is 5.58. The van der Waals surface area contributed by atoms with Crippen LogP contribution in [0.5, 0.6) is 0 Å². The molecule has 0 amide bonds. The van der Waals surface area contributed by atoms with E-state index in [-0.39, 0.29) is 0 Å². The van der Waals surface area contributed by atoms with Crippen molar-refractivity contribution in [1.82, 2.24) is 15.0 Å². The standard InChI is InChI=1S/C19H26N6/c1-18(2)8-13-9-19(3,10-18)11-25(13)17-15(20)16(22-12-23-17)24-14-6-4-5-7-21-14/h4-7,12-13H,8-11,20H2,1-3H3,(H,21,22,23,24). The van der Waals surface area contributed by atoms with Crippen molar-refractivity contribution in [2.24, 2.45) is 10.8 Å².